The summed E-state index contributed by atoms with van der Waals surface area (Å²) in [5, 5.41) is 0. The molecule has 14 heavy (non-hydrogen) atoms. The summed E-state index contributed by atoms with van der Waals surface area (Å²) >= 11 is 0. The highest BCUT2D eigenvalue weighted by molar-refractivity contribution is 5.32. The number of ether oxygens (including phenoxy) is 2. The van der Waals surface area contributed by atoms with Crippen LogP contribution in [0, 0.1) is 0 Å². The lowest BCUT2D eigenvalue weighted by atomic mass is 10.2. The number of rotatable bonds is 6. The summed E-state index contributed by atoms with van der Waals surface area (Å²) in [6, 6.07) is 7.96. The number of hydrogen-bond donors (Lipinski definition) is 0. The molecule has 0 unspecified atom stereocenters. The predicted octanol–water partition coefficient (Wildman–Crippen LogP) is 3.01. The van der Waals surface area contributed by atoms with Gasteiger partial charge in [0.15, 0.2) is 0 Å². The van der Waals surface area contributed by atoms with E-state index in [4.69, 9.17) is 9.47 Å². The minimum absolute atomic E-state index is 0.643. The van der Waals surface area contributed by atoms with Gasteiger partial charge in [-0.2, -0.15) is 0 Å². The minimum Gasteiger partial charge on any atom is -0.496 e. The van der Waals surface area contributed by atoms with E-state index in [2.05, 4.69) is 6.92 Å². The Bertz CT molecular complexity index is 258. The van der Waals surface area contributed by atoms with Crippen LogP contribution in [0.25, 0.3) is 0 Å². The van der Waals surface area contributed by atoms with Gasteiger partial charge in [-0.3, -0.25) is 0 Å². The Morgan fingerprint density at radius 1 is 1.21 bits per heavy atom. The van der Waals surface area contributed by atoms with Crippen LogP contribution in [0.5, 0.6) is 5.75 Å². The molecule has 0 aliphatic heterocycles. The maximum atomic E-state index is 5.52. The van der Waals surface area contributed by atoms with Crippen LogP contribution in [-0.4, -0.2) is 13.7 Å². The van der Waals surface area contributed by atoms with Crippen molar-refractivity contribution in [2.24, 2.45) is 0 Å². The smallest absolute Gasteiger partial charge is 0.124 e. The fourth-order valence-electron chi connectivity index (χ4n) is 1.25. The van der Waals surface area contributed by atoms with Crippen molar-refractivity contribution >= 4 is 0 Å². The SMILES string of the molecule is CCCCOCc1ccccc1OC. The molecule has 0 saturated heterocycles. The molecule has 78 valence electrons. The first-order valence-corrected chi connectivity index (χ1v) is 5.08. The molecule has 0 aromatic heterocycles. The van der Waals surface area contributed by atoms with E-state index in [1.54, 1.807) is 7.11 Å². The molecule has 1 aromatic carbocycles. The van der Waals surface area contributed by atoms with E-state index in [0.717, 1.165) is 24.3 Å². The van der Waals surface area contributed by atoms with Crippen LogP contribution < -0.4 is 4.74 Å². The van der Waals surface area contributed by atoms with Gasteiger partial charge in [-0.15, -0.1) is 0 Å². The molecular formula is C12H18O2. The Morgan fingerprint density at radius 3 is 2.71 bits per heavy atom. The molecule has 2 heteroatoms. The maximum Gasteiger partial charge on any atom is 0.124 e. The number of methoxy groups -OCH3 is 1. The lowest BCUT2D eigenvalue weighted by molar-refractivity contribution is 0.116. The first-order valence-electron chi connectivity index (χ1n) is 5.08. The van der Waals surface area contributed by atoms with Gasteiger partial charge in [-0.05, 0) is 12.5 Å². The zero-order valence-electron chi connectivity index (χ0n) is 8.95. The average Bonchev–Trinajstić information content (AvgIpc) is 2.25. The van der Waals surface area contributed by atoms with Crippen molar-refractivity contribution in [3.63, 3.8) is 0 Å². The van der Waals surface area contributed by atoms with Gasteiger partial charge in [0.1, 0.15) is 5.75 Å². The third-order valence-corrected chi connectivity index (χ3v) is 2.09. The molecule has 0 bridgehead atoms. The normalized spacial score (nSPS) is 10.1. The second-order valence-electron chi connectivity index (χ2n) is 3.22. The molecule has 2 nitrogen and oxygen atoms in total. The minimum atomic E-state index is 0.643. The standard InChI is InChI=1S/C12H18O2/c1-3-4-9-14-10-11-7-5-6-8-12(11)13-2/h5-8H,3-4,9-10H2,1-2H3. The molecule has 0 saturated carbocycles. The summed E-state index contributed by atoms with van der Waals surface area (Å²) < 4.78 is 10.7. The summed E-state index contributed by atoms with van der Waals surface area (Å²) in [7, 11) is 1.69. The molecule has 1 rings (SSSR count). The van der Waals surface area contributed by atoms with Crippen LogP contribution >= 0.6 is 0 Å². The van der Waals surface area contributed by atoms with Crippen LogP contribution in [-0.2, 0) is 11.3 Å². The van der Waals surface area contributed by atoms with Gasteiger partial charge in [0.2, 0.25) is 0 Å². The topological polar surface area (TPSA) is 18.5 Å². The van der Waals surface area contributed by atoms with Crippen molar-refractivity contribution in [3.05, 3.63) is 29.8 Å². The molecule has 0 fully saturated rings. The van der Waals surface area contributed by atoms with Gasteiger partial charge in [-0.1, -0.05) is 31.5 Å². The van der Waals surface area contributed by atoms with Gasteiger partial charge in [0.05, 0.1) is 13.7 Å². The van der Waals surface area contributed by atoms with Gasteiger partial charge >= 0.3 is 0 Å². The van der Waals surface area contributed by atoms with Gasteiger partial charge < -0.3 is 9.47 Å². The van der Waals surface area contributed by atoms with Crippen molar-refractivity contribution < 1.29 is 9.47 Å². The number of para-hydroxylation sites is 1. The highest BCUT2D eigenvalue weighted by atomic mass is 16.5. The molecule has 0 heterocycles. The lowest BCUT2D eigenvalue weighted by Crippen LogP contribution is -1.97. The Balaban J connectivity index is 2.41. The fourth-order valence-corrected chi connectivity index (χ4v) is 1.25. The summed E-state index contributed by atoms with van der Waals surface area (Å²) in [4.78, 5) is 0. The highest BCUT2D eigenvalue weighted by Gasteiger charge is 2.00. The monoisotopic (exact) mass is 194 g/mol. The van der Waals surface area contributed by atoms with E-state index < -0.39 is 0 Å². The molecule has 0 aliphatic carbocycles. The number of hydrogen-bond acceptors (Lipinski definition) is 2. The Labute approximate surface area is 85.8 Å². The van der Waals surface area contributed by atoms with E-state index in [1.165, 1.54) is 6.42 Å². The third-order valence-electron chi connectivity index (χ3n) is 2.09. The van der Waals surface area contributed by atoms with E-state index in [0.29, 0.717) is 6.61 Å². The van der Waals surface area contributed by atoms with Gasteiger partial charge in [0, 0.05) is 12.2 Å². The molecule has 0 aliphatic rings. The van der Waals surface area contributed by atoms with Crippen LogP contribution in [0.15, 0.2) is 24.3 Å². The summed E-state index contributed by atoms with van der Waals surface area (Å²) in [5.41, 5.74) is 1.12. The van der Waals surface area contributed by atoms with Gasteiger partial charge in [0.25, 0.3) is 0 Å². The Hall–Kier alpha value is -1.02. The Kier molecular flexibility index (Phi) is 5.08. The molecular weight excluding hydrogens is 176 g/mol. The first kappa shape index (κ1) is 11.1. The van der Waals surface area contributed by atoms with Crippen molar-refractivity contribution in [3.8, 4) is 5.75 Å². The highest BCUT2D eigenvalue weighted by Crippen LogP contribution is 2.17. The first-order chi connectivity index (χ1) is 6.88. The summed E-state index contributed by atoms with van der Waals surface area (Å²) in [6.07, 6.45) is 2.29. The molecule has 0 spiro atoms. The van der Waals surface area contributed by atoms with Gasteiger partial charge in [-0.25, -0.2) is 0 Å². The van der Waals surface area contributed by atoms with E-state index >= 15 is 0 Å². The molecule has 1 aromatic rings. The molecule has 0 radical (unpaired) electrons. The molecule has 0 amide bonds. The largest absolute Gasteiger partial charge is 0.496 e. The number of benzene rings is 1. The van der Waals surface area contributed by atoms with Crippen molar-refractivity contribution in [2.75, 3.05) is 13.7 Å². The second kappa shape index (κ2) is 6.44. The summed E-state index contributed by atoms with van der Waals surface area (Å²) in [6.45, 7) is 3.63. The Morgan fingerprint density at radius 2 is 2.00 bits per heavy atom. The maximum absolute atomic E-state index is 5.52. The molecule has 0 N–H and O–H groups in total. The van der Waals surface area contributed by atoms with Crippen molar-refractivity contribution in [1.82, 2.24) is 0 Å². The average molecular weight is 194 g/mol. The quantitative estimate of drug-likeness (QED) is 0.648. The van der Waals surface area contributed by atoms with Crippen molar-refractivity contribution in [2.45, 2.75) is 26.4 Å². The molecule has 0 atom stereocenters. The van der Waals surface area contributed by atoms with Crippen LogP contribution in [0.1, 0.15) is 25.3 Å². The zero-order chi connectivity index (χ0) is 10.2. The third kappa shape index (κ3) is 3.38. The number of unbranched alkanes of at least 4 members (excludes halogenated alkanes) is 1. The second-order valence-corrected chi connectivity index (χ2v) is 3.22. The predicted molar refractivity (Wildman–Crippen MR) is 57.6 cm³/mol. The van der Waals surface area contributed by atoms with E-state index in [9.17, 15) is 0 Å². The van der Waals surface area contributed by atoms with E-state index in [-0.39, 0.29) is 0 Å². The van der Waals surface area contributed by atoms with E-state index in [1.807, 2.05) is 24.3 Å². The zero-order valence-corrected chi connectivity index (χ0v) is 8.95. The van der Waals surface area contributed by atoms with Crippen LogP contribution in [0.4, 0.5) is 0 Å². The van der Waals surface area contributed by atoms with Crippen molar-refractivity contribution in [1.29, 1.82) is 0 Å². The van der Waals surface area contributed by atoms with Crippen LogP contribution in [0.3, 0.4) is 0 Å². The summed E-state index contributed by atoms with van der Waals surface area (Å²) in [5.74, 6) is 0.906. The van der Waals surface area contributed by atoms with Crippen LogP contribution in [0.2, 0.25) is 0 Å². The fraction of sp³-hybridized carbons (Fsp3) is 0.500. The lowest BCUT2D eigenvalue weighted by Gasteiger charge is -2.08.